The van der Waals surface area contributed by atoms with Crippen LogP contribution in [0.5, 0.6) is 0 Å². The van der Waals surface area contributed by atoms with Crippen molar-refractivity contribution < 1.29 is 0 Å². The van der Waals surface area contributed by atoms with Gasteiger partial charge in [-0.05, 0) is 29.8 Å². The average molecular weight is 283 g/mol. The van der Waals surface area contributed by atoms with Gasteiger partial charge >= 0.3 is 0 Å². The van der Waals surface area contributed by atoms with Gasteiger partial charge in [0.2, 0.25) is 0 Å². The van der Waals surface area contributed by atoms with Crippen LogP contribution < -0.4 is 5.73 Å². The first-order valence-corrected chi connectivity index (χ1v) is 5.65. The molecule has 0 atom stereocenters. The van der Waals surface area contributed by atoms with Crippen LogP contribution in [0, 0.1) is 0 Å². The Kier molecular flexibility index (Phi) is 2.98. The van der Waals surface area contributed by atoms with Gasteiger partial charge in [0.25, 0.3) is 0 Å². The zero-order valence-corrected chi connectivity index (χ0v) is 10.2. The number of nitrogens with two attached hydrogens (primary N) is 1. The van der Waals surface area contributed by atoms with Gasteiger partial charge in [-0.3, -0.25) is 0 Å². The van der Waals surface area contributed by atoms with Crippen molar-refractivity contribution in [1.82, 2.24) is 0 Å². The molecule has 3 heteroatoms. The maximum atomic E-state index is 5.93. The predicted molar refractivity (Wildman–Crippen MR) is 69.0 cm³/mol. The van der Waals surface area contributed by atoms with Gasteiger partial charge in [0, 0.05) is 20.7 Å². The first-order valence-electron chi connectivity index (χ1n) is 4.48. The van der Waals surface area contributed by atoms with Crippen LogP contribution in [-0.4, -0.2) is 0 Å². The lowest BCUT2D eigenvalue weighted by atomic mass is 10.0. The van der Waals surface area contributed by atoms with Crippen LogP contribution in [0.3, 0.4) is 0 Å². The molecule has 2 aromatic rings. The lowest BCUT2D eigenvalue weighted by Crippen LogP contribution is -1.89. The van der Waals surface area contributed by atoms with E-state index in [4.69, 9.17) is 17.3 Å². The van der Waals surface area contributed by atoms with Gasteiger partial charge in [-0.2, -0.15) is 0 Å². The van der Waals surface area contributed by atoms with E-state index in [-0.39, 0.29) is 0 Å². The highest BCUT2D eigenvalue weighted by Gasteiger charge is 2.02. The molecule has 0 aliphatic carbocycles. The monoisotopic (exact) mass is 281 g/mol. The van der Waals surface area contributed by atoms with Gasteiger partial charge in [-0.1, -0.05) is 45.7 Å². The zero-order valence-electron chi connectivity index (χ0n) is 7.87. The second-order valence-corrected chi connectivity index (χ2v) is 4.59. The molecule has 0 aliphatic rings. The van der Waals surface area contributed by atoms with Crippen LogP contribution in [0.4, 0.5) is 5.69 Å². The fourth-order valence-corrected chi connectivity index (χ4v) is 1.93. The number of hydrogen-bond acceptors (Lipinski definition) is 1. The normalized spacial score (nSPS) is 10.3. The molecule has 0 saturated carbocycles. The maximum absolute atomic E-state index is 5.93. The molecule has 0 spiro atoms. The summed E-state index contributed by atoms with van der Waals surface area (Å²) in [6.45, 7) is 0. The molecule has 0 amide bonds. The molecule has 2 N–H and O–H groups in total. The standard InChI is InChI=1S/C12H9BrClN/c13-9-3-6-11(12(15)7-9)8-1-4-10(14)5-2-8/h1-7H,15H2. The first-order chi connectivity index (χ1) is 7.16. The van der Waals surface area contributed by atoms with Crippen LogP contribution in [0.25, 0.3) is 11.1 Å². The van der Waals surface area contributed by atoms with Crippen molar-refractivity contribution in [3.63, 3.8) is 0 Å². The van der Waals surface area contributed by atoms with Gasteiger partial charge < -0.3 is 5.73 Å². The summed E-state index contributed by atoms with van der Waals surface area (Å²) in [6.07, 6.45) is 0. The van der Waals surface area contributed by atoms with E-state index < -0.39 is 0 Å². The molecular formula is C12H9BrClN. The Morgan fingerprint density at radius 1 is 1.00 bits per heavy atom. The van der Waals surface area contributed by atoms with Crippen molar-refractivity contribution in [3.05, 3.63) is 52.0 Å². The highest BCUT2D eigenvalue weighted by Crippen LogP contribution is 2.29. The van der Waals surface area contributed by atoms with Crippen LogP contribution >= 0.6 is 27.5 Å². The number of halogens is 2. The van der Waals surface area contributed by atoms with E-state index >= 15 is 0 Å². The summed E-state index contributed by atoms with van der Waals surface area (Å²) >= 11 is 9.20. The van der Waals surface area contributed by atoms with Crippen molar-refractivity contribution in [2.75, 3.05) is 5.73 Å². The number of anilines is 1. The van der Waals surface area contributed by atoms with E-state index in [1.807, 2.05) is 42.5 Å². The van der Waals surface area contributed by atoms with Gasteiger partial charge in [0.05, 0.1) is 0 Å². The second-order valence-electron chi connectivity index (χ2n) is 3.24. The van der Waals surface area contributed by atoms with Crippen molar-refractivity contribution in [3.8, 4) is 11.1 Å². The van der Waals surface area contributed by atoms with Crippen LogP contribution in [0.1, 0.15) is 0 Å². The molecule has 0 bridgehead atoms. The maximum Gasteiger partial charge on any atom is 0.0406 e. The Bertz CT molecular complexity index is 479. The molecule has 0 aliphatic heterocycles. The van der Waals surface area contributed by atoms with Crippen molar-refractivity contribution in [1.29, 1.82) is 0 Å². The van der Waals surface area contributed by atoms with E-state index in [1.54, 1.807) is 0 Å². The van der Waals surface area contributed by atoms with E-state index in [0.29, 0.717) is 0 Å². The van der Waals surface area contributed by atoms with Crippen molar-refractivity contribution >= 4 is 33.2 Å². The molecule has 0 heterocycles. The predicted octanol–water partition coefficient (Wildman–Crippen LogP) is 4.35. The number of hydrogen-bond donors (Lipinski definition) is 1. The molecule has 0 unspecified atom stereocenters. The summed E-state index contributed by atoms with van der Waals surface area (Å²) in [7, 11) is 0. The molecule has 2 aromatic carbocycles. The van der Waals surface area contributed by atoms with Gasteiger partial charge in [-0.15, -0.1) is 0 Å². The number of benzene rings is 2. The SMILES string of the molecule is Nc1cc(Br)ccc1-c1ccc(Cl)cc1. The minimum absolute atomic E-state index is 0.731. The summed E-state index contributed by atoms with van der Waals surface area (Å²) < 4.78 is 0.984. The van der Waals surface area contributed by atoms with Crippen LogP contribution in [0.15, 0.2) is 46.9 Å². The Labute approximate surface area is 102 Å². The fourth-order valence-electron chi connectivity index (χ4n) is 1.43. The Morgan fingerprint density at radius 2 is 1.67 bits per heavy atom. The Hall–Kier alpha value is -0.990. The zero-order chi connectivity index (χ0) is 10.8. The summed E-state index contributed by atoms with van der Waals surface area (Å²) in [4.78, 5) is 0. The van der Waals surface area contributed by atoms with E-state index in [0.717, 1.165) is 26.3 Å². The van der Waals surface area contributed by atoms with Crippen molar-refractivity contribution in [2.24, 2.45) is 0 Å². The largest absolute Gasteiger partial charge is 0.398 e. The van der Waals surface area contributed by atoms with E-state index in [1.165, 1.54) is 0 Å². The highest BCUT2D eigenvalue weighted by atomic mass is 79.9. The minimum atomic E-state index is 0.731. The fraction of sp³-hybridized carbons (Fsp3) is 0. The Morgan fingerprint density at radius 3 is 2.27 bits per heavy atom. The molecule has 0 fully saturated rings. The summed E-state index contributed by atoms with van der Waals surface area (Å²) in [5.41, 5.74) is 8.78. The third-order valence-electron chi connectivity index (χ3n) is 2.17. The van der Waals surface area contributed by atoms with Crippen LogP contribution in [0.2, 0.25) is 5.02 Å². The van der Waals surface area contributed by atoms with Crippen molar-refractivity contribution in [2.45, 2.75) is 0 Å². The summed E-state index contributed by atoms with van der Waals surface area (Å²) in [6, 6.07) is 13.5. The number of nitrogen functional groups attached to an aromatic ring is 1. The minimum Gasteiger partial charge on any atom is -0.398 e. The summed E-state index contributed by atoms with van der Waals surface area (Å²) in [5.74, 6) is 0. The Balaban J connectivity index is 2.49. The molecule has 1 nitrogen and oxygen atoms in total. The topological polar surface area (TPSA) is 26.0 Å². The third kappa shape index (κ3) is 2.33. The molecule has 76 valence electrons. The highest BCUT2D eigenvalue weighted by molar-refractivity contribution is 9.10. The first kappa shape index (κ1) is 10.5. The van der Waals surface area contributed by atoms with Crippen LogP contribution in [-0.2, 0) is 0 Å². The molecule has 0 saturated heterocycles. The molecular weight excluding hydrogens is 273 g/mol. The smallest absolute Gasteiger partial charge is 0.0406 e. The van der Waals surface area contributed by atoms with E-state index in [2.05, 4.69) is 15.9 Å². The lowest BCUT2D eigenvalue weighted by molar-refractivity contribution is 1.59. The molecule has 0 aromatic heterocycles. The molecule has 15 heavy (non-hydrogen) atoms. The van der Waals surface area contributed by atoms with Gasteiger partial charge in [0.15, 0.2) is 0 Å². The number of rotatable bonds is 1. The lowest BCUT2D eigenvalue weighted by Gasteiger charge is -2.06. The third-order valence-corrected chi connectivity index (χ3v) is 2.91. The average Bonchev–Trinajstić information content (AvgIpc) is 2.20. The van der Waals surface area contributed by atoms with E-state index in [9.17, 15) is 0 Å². The molecule has 0 radical (unpaired) electrons. The quantitative estimate of drug-likeness (QED) is 0.773. The second kappa shape index (κ2) is 4.25. The van der Waals surface area contributed by atoms with Gasteiger partial charge in [0.1, 0.15) is 0 Å². The summed E-state index contributed by atoms with van der Waals surface area (Å²) in [5, 5.41) is 0.731. The van der Waals surface area contributed by atoms with Gasteiger partial charge in [-0.25, -0.2) is 0 Å². The molecule has 2 rings (SSSR count).